The van der Waals surface area contributed by atoms with E-state index < -0.39 is 0 Å². The van der Waals surface area contributed by atoms with Gasteiger partial charge in [-0.2, -0.15) is 0 Å². The Balaban J connectivity index is 2.12. The Labute approximate surface area is 96.2 Å². The lowest BCUT2D eigenvalue weighted by Gasteiger charge is -2.18. The predicted octanol–water partition coefficient (Wildman–Crippen LogP) is 0.375. The van der Waals surface area contributed by atoms with Crippen LogP contribution in [0.15, 0.2) is 6.20 Å². The van der Waals surface area contributed by atoms with Gasteiger partial charge in [-0.1, -0.05) is 0 Å². The summed E-state index contributed by atoms with van der Waals surface area (Å²) in [7, 11) is 1.72. The van der Waals surface area contributed by atoms with Gasteiger partial charge >= 0.3 is 0 Å². The molecule has 5 heteroatoms. The van der Waals surface area contributed by atoms with E-state index in [0.29, 0.717) is 6.61 Å². The van der Waals surface area contributed by atoms with E-state index in [1.165, 1.54) is 0 Å². The third-order valence-electron chi connectivity index (χ3n) is 2.92. The number of rotatable bonds is 4. The number of imidazole rings is 1. The molecule has 0 radical (unpaired) electrons. The standard InChI is InChI=1S/C11H20N4O/c1-9-7-15(5-6-16-2)11(13-9)14-4-3-10(12)8-14/h7,10H,3-6,8,12H2,1-2H3. The second kappa shape index (κ2) is 4.84. The van der Waals surface area contributed by atoms with Gasteiger partial charge in [-0.05, 0) is 13.3 Å². The largest absolute Gasteiger partial charge is 0.383 e. The SMILES string of the molecule is COCCn1cc(C)nc1N1CCC(N)C1. The highest BCUT2D eigenvalue weighted by Crippen LogP contribution is 2.19. The summed E-state index contributed by atoms with van der Waals surface area (Å²) in [5.41, 5.74) is 6.96. The fourth-order valence-electron chi connectivity index (χ4n) is 2.11. The molecule has 90 valence electrons. The van der Waals surface area contributed by atoms with E-state index in [-0.39, 0.29) is 6.04 Å². The third-order valence-corrected chi connectivity index (χ3v) is 2.92. The van der Waals surface area contributed by atoms with Crippen LogP contribution in [0.3, 0.4) is 0 Å². The van der Waals surface area contributed by atoms with Crippen LogP contribution in [0.25, 0.3) is 0 Å². The van der Waals surface area contributed by atoms with Crippen molar-refractivity contribution in [3.63, 3.8) is 0 Å². The van der Waals surface area contributed by atoms with Gasteiger partial charge in [0.15, 0.2) is 0 Å². The van der Waals surface area contributed by atoms with Gasteiger partial charge in [0.05, 0.1) is 12.3 Å². The average molecular weight is 224 g/mol. The van der Waals surface area contributed by atoms with Crippen molar-refractivity contribution in [2.75, 3.05) is 31.7 Å². The molecule has 2 heterocycles. The minimum absolute atomic E-state index is 0.285. The summed E-state index contributed by atoms with van der Waals surface area (Å²) in [6.45, 7) is 5.48. The molecule has 0 aliphatic carbocycles. The van der Waals surface area contributed by atoms with E-state index >= 15 is 0 Å². The van der Waals surface area contributed by atoms with Crippen molar-refractivity contribution >= 4 is 5.95 Å². The summed E-state index contributed by atoms with van der Waals surface area (Å²) in [5, 5.41) is 0. The average Bonchev–Trinajstić information content (AvgIpc) is 2.81. The molecule has 0 amide bonds. The predicted molar refractivity (Wildman–Crippen MR) is 63.6 cm³/mol. The minimum Gasteiger partial charge on any atom is -0.383 e. The van der Waals surface area contributed by atoms with E-state index in [2.05, 4.69) is 20.6 Å². The molecule has 1 aromatic heterocycles. The molecule has 2 rings (SSSR count). The molecule has 0 saturated carbocycles. The van der Waals surface area contributed by atoms with E-state index in [1.54, 1.807) is 7.11 Å². The van der Waals surface area contributed by atoms with Crippen LogP contribution < -0.4 is 10.6 Å². The first-order valence-corrected chi connectivity index (χ1v) is 5.74. The fourth-order valence-corrected chi connectivity index (χ4v) is 2.11. The number of aryl methyl sites for hydroxylation is 1. The fraction of sp³-hybridized carbons (Fsp3) is 0.727. The van der Waals surface area contributed by atoms with Crippen LogP contribution in [0.5, 0.6) is 0 Å². The molecule has 0 aromatic carbocycles. The van der Waals surface area contributed by atoms with Crippen molar-refractivity contribution < 1.29 is 4.74 Å². The van der Waals surface area contributed by atoms with Crippen LogP contribution in [-0.4, -0.2) is 42.4 Å². The van der Waals surface area contributed by atoms with Gasteiger partial charge in [-0.3, -0.25) is 0 Å². The van der Waals surface area contributed by atoms with E-state index in [9.17, 15) is 0 Å². The molecular weight excluding hydrogens is 204 g/mol. The lowest BCUT2D eigenvalue weighted by molar-refractivity contribution is 0.187. The zero-order valence-corrected chi connectivity index (χ0v) is 10.0. The quantitative estimate of drug-likeness (QED) is 0.803. The normalized spacial score (nSPS) is 20.7. The first kappa shape index (κ1) is 11.4. The van der Waals surface area contributed by atoms with Crippen molar-refractivity contribution in [3.05, 3.63) is 11.9 Å². The monoisotopic (exact) mass is 224 g/mol. The highest BCUT2D eigenvalue weighted by atomic mass is 16.5. The summed E-state index contributed by atoms with van der Waals surface area (Å²) >= 11 is 0. The number of hydrogen-bond acceptors (Lipinski definition) is 4. The van der Waals surface area contributed by atoms with Gasteiger partial charge in [0.1, 0.15) is 0 Å². The smallest absolute Gasteiger partial charge is 0.205 e. The summed E-state index contributed by atoms with van der Waals surface area (Å²) in [5.74, 6) is 1.03. The Hall–Kier alpha value is -1.07. The molecule has 2 N–H and O–H groups in total. The van der Waals surface area contributed by atoms with Crippen LogP contribution in [0.4, 0.5) is 5.95 Å². The molecule has 1 fully saturated rings. The maximum atomic E-state index is 5.92. The Morgan fingerprint density at radius 1 is 1.62 bits per heavy atom. The van der Waals surface area contributed by atoms with Gasteiger partial charge in [0, 0.05) is 39.0 Å². The Morgan fingerprint density at radius 2 is 2.44 bits per heavy atom. The number of hydrogen-bond donors (Lipinski definition) is 1. The lowest BCUT2D eigenvalue weighted by atomic mass is 10.3. The van der Waals surface area contributed by atoms with Crippen molar-refractivity contribution in [3.8, 4) is 0 Å². The number of aromatic nitrogens is 2. The van der Waals surface area contributed by atoms with Crippen LogP contribution in [0.1, 0.15) is 12.1 Å². The number of ether oxygens (including phenoxy) is 1. The Kier molecular flexibility index (Phi) is 3.46. The van der Waals surface area contributed by atoms with Gasteiger partial charge < -0.3 is 19.9 Å². The second-order valence-electron chi connectivity index (χ2n) is 4.36. The molecule has 16 heavy (non-hydrogen) atoms. The van der Waals surface area contributed by atoms with E-state index in [4.69, 9.17) is 10.5 Å². The highest BCUT2D eigenvalue weighted by molar-refractivity contribution is 5.35. The highest BCUT2D eigenvalue weighted by Gasteiger charge is 2.23. The van der Waals surface area contributed by atoms with E-state index in [1.807, 2.05) is 6.92 Å². The third kappa shape index (κ3) is 2.36. The molecule has 1 saturated heterocycles. The minimum atomic E-state index is 0.285. The van der Waals surface area contributed by atoms with Crippen LogP contribution in [-0.2, 0) is 11.3 Å². The number of anilines is 1. The zero-order chi connectivity index (χ0) is 11.5. The molecule has 0 spiro atoms. The van der Waals surface area contributed by atoms with Crippen LogP contribution >= 0.6 is 0 Å². The Morgan fingerprint density at radius 3 is 3.06 bits per heavy atom. The van der Waals surface area contributed by atoms with Crippen molar-refractivity contribution in [1.29, 1.82) is 0 Å². The number of nitrogens with two attached hydrogens (primary N) is 1. The van der Waals surface area contributed by atoms with Gasteiger partial charge in [0.2, 0.25) is 5.95 Å². The summed E-state index contributed by atoms with van der Waals surface area (Å²) in [6, 6.07) is 0.285. The molecule has 1 aliphatic rings. The Bertz CT molecular complexity index is 350. The molecule has 0 bridgehead atoms. The van der Waals surface area contributed by atoms with Crippen molar-refractivity contribution in [1.82, 2.24) is 9.55 Å². The summed E-state index contributed by atoms with van der Waals surface area (Å²) in [6.07, 6.45) is 3.12. The first-order chi connectivity index (χ1) is 7.70. The van der Waals surface area contributed by atoms with Crippen molar-refractivity contribution in [2.24, 2.45) is 5.73 Å². The van der Waals surface area contributed by atoms with Crippen molar-refractivity contribution in [2.45, 2.75) is 25.9 Å². The summed E-state index contributed by atoms with van der Waals surface area (Å²) < 4.78 is 7.25. The molecule has 1 atom stereocenters. The molecule has 1 aromatic rings. The number of methoxy groups -OCH3 is 1. The second-order valence-corrected chi connectivity index (χ2v) is 4.36. The first-order valence-electron chi connectivity index (χ1n) is 5.74. The van der Waals surface area contributed by atoms with E-state index in [0.717, 1.165) is 37.7 Å². The van der Waals surface area contributed by atoms with Crippen LogP contribution in [0, 0.1) is 6.92 Å². The van der Waals surface area contributed by atoms with Gasteiger partial charge in [-0.25, -0.2) is 4.98 Å². The van der Waals surface area contributed by atoms with Crippen LogP contribution in [0.2, 0.25) is 0 Å². The maximum absolute atomic E-state index is 5.92. The molecular formula is C11H20N4O. The van der Waals surface area contributed by atoms with Gasteiger partial charge in [-0.15, -0.1) is 0 Å². The topological polar surface area (TPSA) is 56.3 Å². The maximum Gasteiger partial charge on any atom is 0.205 e. The molecule has 1 aliphatic heterocycles. The number of nitrogens with zero attached hydrogens (tertiary/aromatic N) is 3. The zero-order valence-electron chi connectivity index (χ0n) is 10.0. The van der Waals surface area contributed by atoms with Gasteiger partial charge in [0.25, 0.3) is 0 Å². The summed E-state index contributed by atoms with van der Waals surface area (Å²) in [4.78, 5) is 6.82. The molecule has 5 nitrogen and oxygen atoms in total. The molecule has 1 unspecified atom stereocenters. The lowest BCUT2D eigenvalue weighted by Crippen LogP contribution is -2.28.